The maximum absolute atomic E-state index is 12.3. The first-order valence-electron chi connectivity index (χ1n) is 5.96. The summed E-state index contributed by atoms with van der Waals surface area (Å²) in [5.74, 6) is -0.871. The number of hydrogen-bond acceptors (Lipinski definition) is 2. The van der Waals surface area contributed by atoms with Crippen molar-refractivity contribution in [3.8, 4) is 0 Å². The summed E-state index contributed by atoms with van der Waals surface area (Å²) in [5, 5.41) is 0. The predicted octanol–water partition coefficient (Wildman–Crippen LogP) is 2.08. The van der Waals surface area contributed by atoms with Crippen LogP contribution in [-0.2, 0) is 4.79 Å². The fourth-order valence-electron chi connectivity index (χ4n) is 2.03. The monoisotopic (exact) mass is 335 g/mol. The van der Waals surface area contributed by atoms with Crippen LogP contribution in [0.3, 0.4) is 0 Å². The van der Waals surface area contributed by atoms with Gasteiger partial charge in [-0.25, -0.2) is 0 Å². The lowest BCUT2D eigenvalue weighted by atomic mass is 10.0. The summed E-state index contributed by atoms with van der Waals surface area (Å²) in [6.45, 7) is 0. The molecule has 2 rings (SSSR count). The van der Waals surface area contributed by atoms with Crippen LogP contribution in [0.4, 0.5) is 0 Å². The van der Waals surface area contributed by atoms with Crippen LogP contribution in [0.15, 0.2) is 47.1 Å². The zero-order valence-electron chi connectivity index (χ0n) is 10.8. The molecule has 6 heteroatoms. The fraction of sp³-hybridized carbons (Fsp3) is 0.143. The van der Waals surface area contributed by atoms with Crippen LogP contribution < -0.4 is 5.73 Å². The summed E-state index contributed by atoms with van der Waals surface area (Å²) < 4.78 is 0.821. The summed E-state index contributed by atoms with van der Waals surface area (Å²) >= 11 is 3.34. The molecule has 1 aromatic heterocycles. The number of nitrogens with two attached hydrogens (primary N) is 1. The number of halogens is 1. The first-order valence-corrected chi connectivity index (χ1v) is 6.75. The van der Waals surface area contributed by atoms with Crippen molar-refractivity contribution in [1.82, 2.24) is 9.88 Å². The van der Waals surface area contributed by atoms with E-state index in [0.29, 0.717) is 11.3 Å². The van der Waals surface area contributed by atoms with E-state index in [1.54, 1.807) is 43.6 Å². The van der Waals surface area contributed by atoms with Gasteiger partial charge in [-0.3, -0.25) is 9.59 Å². The molecule has 1 atom stereocenters. The Kier molecular flexibility index (Phi) is 4.24. The van der Waals surface area contributed by atoms with Crippen LogP contribution in [0.2, 0.25) is 0 Å². The van der Waals surface area contributed by atoms with E-state index in [1.165, 1.54) is 4.90 Å². The van der Waals surface area contributed by atoms with E-state index in [2.05, 4.69) is 20.9 Å². The molecule has 104 valence electrons. The van der Waals surface area contributed by atoms with Gasteiger partial charge in [-0.15, -0.1) is 0 Å². The van der Waals surface area contributed by atoms with Crippen molar-refractivity contribution in [2.24, 2.45) is 5.73 Å². The third-order valence-corrected chi connectivity index (χ3v) is 3.46. The van der Waals surface area contributed by atoms with Gasteiger partial charge in [0.05, 0.1) is 0 Å². The highest BCUT2D eigenvalue weighted by Gasteiger charge is 2.27. The molecule has 20 heavy (non-hydrogen) atoms. The van der Waals surface area contributed by atoms with E-state index >= 15 is 0 Å². The molecular formula is C14H14BrN3O2. The molecule has 0 saturated heterocycles. The second-order valence-corrected chi connectivity index (χ2v) is 5.28. The topological polar surface area (TPSA) is 79.2 Å². The fourth-order valence-corrected chi connectivity index (χ4v) is 2.44. The number of aromatic amines is 1. The predicted molar refractivity (Wildman–Crippen MR) is 79.0 cm³/mol. The van der Waals surface area contributed by atoms with Gasteiger partial charge in [-0.05, 0) is 29.8 Å². The molecule has 0 aliphatic carbocycles. The highest BCUT2D eigenvalue weighted by molar-refractivity contribution is 9.10. The number of carbonyl (C=O) groups is 2. The number of carbonyl (C=O) groups excluding carboxylic acids is 2. The summed E-state index contributed by atoms with van der Waals surface area (Å²) in [6, 6.07) is 9.73. The molecule has 0 saturated carbocycles. The molecule has 2 aromatic rings. The highest BCUT2D eigenvalue weighted by Crippen LogP contribution is 2.23. The Morgan fingerprint density at radius 3 is 2.60 bits per heavy atom. The number of amides is 2. The zero-order chi connectivity index (χ0) is 14.7. The molecule has 0 radical (unpaired) electrons. The Balaban J connectivity index is 2.34. The Morgan fingerprint density at radius 2 is 2.05 bits per heavy atom. The van der Waals surface area contributed by atoms with E-state index in [0.717, 1.165) is 4.47 Å². The maximum Gasteiger partial charge on any atom is 0.270 e. The maximum atomic E-state index is 12.3. The van der Waals surface area contributed by atoms with Gasteiger partial charge in [0.15, 0.2) is 0 Å². The number of benzene rings is 1. The SMILES string of the molecule is CN(C(=O)c1ccc[nH]1)C(C(N)=O)c1cccc(Br)c1. The van der Waals surface area contributed by atoms with Gasteiger partial charge in [0, 0.05) is 17.7 Å². The smallest absolute Gasteiger partial charge is 0.270 e. The van der Waals surface area contributed by atoms with Gasteiger partial charge in [0.25, 0.3) is 5.91 Å². The second kappa shape index (κ2) is 5.92. The van der Waals surface area contributed by atoms with Crippen molar-refractivity contribution in [2.45, 2.75) is 6.04 Å². The van der Waals surface area contributed by atoms with Gasteiger partial charge < -0.3 is 15.6 Å². The number of H-pyrrole nitrogens is 1. The summed E-state index contributed by atoms with van der Waals surface area (Å²) in [5.41, 5.74) is 6.52. The molecule has 5 nitrogen and oxygen atoms in total. The molecule has 1 unspecified atom stereocenters. The van der Waals surface area contributed by atoms with E-state index in [9.17, 15) is 9.59 Å². The normalized spacial score (nSPS) is 11.9. The van der Waals surface area contributed by atoms with Crippen LogP contribution in [-0.4, -0.2) is 28.7 Å². The lowest BCUT2D eigenvalue weighted by Gasteiger charge is -2.25. The summed E-state index contributed by atoms with van der Waals surface area (Å²) in [7, 11) is 1.56. The Bertz CT molecular complexity index is 625. The average molecular weight is 336 g/mol. The number of primary amides is 1. The van der Waals surface area contributed by atoms with Gasteiger partial charge in [-0.1, -0.05) is 28.1 Å². The van der Waals surface area contributed by atoms with Gasteiger partial charge in [0.1, 0.15) is 11.7 Å². The number of aromatic nitrogens is 1. The molecule has 2 amide bonds. The lowest BCUT2D eigenvalue weighted by Crippen LogP contribution is -2.39. The molecular weight excluding hydrogens is 322 g/mol. The standard InChI is InChI=1S/C14H14BrN3O2/c1-18(14(20)11-6-3-7-17-11)12(13(16)19)9-4-2-5-10(15)8-9/h2-8,12,17H,1H3,(H2,16,19). The Morgan fingerprint density at radius 1 is 1.30 bits per heavy atom. The number of rotatable bonds is 4. The molecule has 3 N–H and O–H groups in total. The minimum Gasteiger partial charge on any atom is -0.368 e. The lowest BCUT2D eigenvalue weighted by molar-refractivity contribution is -0.122. The first kappa shape index (κ1) is 14.3. The second-order valence-electron chi connectivity index (χ2n) is 4.36. The highest BCUT2D eigenvalue weighted by atomic mass is 79.9. The first-order chi connectivity index (χ1) is 9.50. The average Bonchev–Trinajstić information content (AvgIpc) is 2.91. The van der Waals surface area contributed by atoms with E-state index in [-0.39, 0.29) is 5.91 Å². The number of nitrogens with one attached hydrogen (secondary N) is 1. The number of likely N-dealkylation sites (N-methyl/N-ethyl adjacent to an activating group) is 1. The molecule has 1 aromatic carbocycles. The number of nitrogens with zero attached hydrogens (tertiary/aromatic N) is 1. The van der Waals surface area contributed by atoms with Gasteiger partial charge in [0.2, 0.25) is 5.91 Å². The largest absolute Gasteiger partial charge is 0.368 e. The van der Waals surface area contributed by atoms with E-state index < -0.39 is 11.9 Å². The minimum absolute atomic E-state index is 0.293. The van der Waals surface area contributed by atoms with Gasteiger partial charge in [-0.2, -0.15) is 0 Å². The van der Waals surface area contributed by atoms with Crippen molar-refractivity contribution in [3.63, 3.8) is 0 Å². The van der Waals surface area contributed by atoms with Crippen molar-refractivity contribution in [2.75, 3.05) is 7.05 Å². The van der Waals surface area contributed by atoms with E-state index in [4.69, 9.17) is 5.73 Å². The van der Waals surface area contributed by atoms with Crippen molar-refractivity contribution in [1.29, 1.82) is 0 Å². The van der Waals surface area contributed by atoms with Gasteiger partial charge >= 0.3 is 0 Å². The van der Waals surface area contributed by atoms with Crippen molar-refractivity contribution in [3.05, 3.63) is 58.3 Å². The summed E-state index contributed by atoms with van der Waals surface area (Å²) in [4.78, 5) is 28.2. The van der Waals surface area contributed by atoms with Crippen molar-refractivity contribution < 1.29 is 9.59 Å². The van der Waals surface area contributed by atoms with Crippen LogP contribution >= 0.6 is 15.9 Å². The third-order valence-electron chi connectivity index (χ3n) is 2.97. The molecule has 0 bridgehead atoms. The van der Waals surface area contributed by atoms with Crippen LogP contribution in [0.1, 0.15) is 22.1 Å². The van der Waals surface area contributed by atoms with Crippen LogP contribution in [0.25, 0.3) is 0 Å². The van der Waals surface area contributed by atoms with E-state index in [1.807, 2.05) is 6.07 Å². The quantitative estimate of drug-likeness (QED) is 0.896. The van der Waals surface area contributed by atoms with Crippen LogP contribution in [0.5, 0.6) is 0 Å². The molecule has 0 aliphatic heterocycles. The number of hydrogen-bond donors (Lipinski definition) is 2. The van der Waals surface area contributed by atoms with Crippen LogP contribution in [0, 0.1) is 0 Å². The third kappa shape index (κ3) is 2.91. The van der Waals surface area contributed by atoms with Crippen molar-refractivity contribution >= 4 is 27.7 Å². The Labute approximate surface area is 124 Å². The minimum atomic E-state index is -0.816. The molecule has 1 heterocycles. The molecule has 0 spiro atoms. The Hall–Kier alpha value is -2.08. The zero-order valence-corrected chi connectivity index (χ0v) is 12.4. The molecule has 0 aliphatic rings. The summed E-state index contributed by atoms with van der Waals surface area (Å²) in [6.07, 6.45) is 1.65. The molecule has 0 fully saturated rings.